The number of methoxy groups -OCH3 is 1. The van der Waals surface area contributed by atoms with Crippen LogP contribution in [-0.2, 0) is 9.53 Å². The lowest BCUT2D eigenvalue weighted by molar-refractivity contribution is -0.132. The van der Waals surface area contributed by atoms with Crippen LogP contribution in [0, 0.1) is 0 Å². The quantitative estimate of drug-likeness (QED) is 0.931. The molecule has 0 radical (unpaired) electrons. The Morgan fingerprint density at radius 3 is 2.40 bits per heavy atom. The van der Waals surface area contributed by atoms with Crippen LogP contribution >= 0.6 is 11.6 Å². The summed E-state index contributed by atoms with van der Waals surface area (Å²) in [6.07, 6.45) is 1.37. The molecule has 1 unspecified atom stereocenters. The van der Waals surface area contributed by atoms with Crippen molar-refractivity contribution in [2.24, 2.45) is 0 Å². The molecule has 20 heavy (non-hydrogen) atoms. The molecular formula is C14H17ClN2O3. The number of hydrogen-bond donors (Lipinski definition) is 1. The summed E-state index contributed by atoms with van der Waals surface area (Å²) in [5.74, 6) is -0.116. The van der Waals surface area contributed by atoms with Crippen molar-refractivity contribution in [2.75, 3.05) is 20.2 Å². The number of carbonyl (C=O) groups is 2. The van der Waals surface area contributed by atoms with Crippen molar-refractivity contribution in [1.82, 2.24) is 10.2 Å². The molecular weight excluding hydrogens is 280 g/mol. The van der Waals surface area contributed by atoms with E-state index in [0.717, 1.165) is 25.9 Å². The molecule has 5 nitrogen and oxygen atoms in total. The number of benzene rings is 1. The number of rotatable bonds is 3. The van der Waals surface area contributed by atoms with Gasteiger partial charge in [-0.2, -0.15) is 0 Å². The average molecular weight is 297 g/mol. The van der Waals surface area contributed by atoms with Gasteiger partial charge in [0.1, 0.15) is 6.04 Å². The van der Waals surface area contributed by atoms with Gasteiger partial charge in [-0.3, -0.25) is 4.79 Å². The van der Waals surface area contributed by atoms with Crippen molar-refractivity contribution in [3.63, 3.8) is 0 Å². The van der Waals surface area contributed by atoms with Crippen LogP contribution in [0.4, 0.5) is 4.79 Å². The summed E-state index contributed by atoms with van der Waals surface area (Å²) < 4.78 is 4.59. The van der Waals surface area contributed by atoms with E-state index in [1.54, 1.807) is 29.2 Å². The Kier molecular flexibility index (Phi) is 4.84. The van der Waals surface area contributed by atoms with Gasteiger partial charge in [0.25, 0.3) is 0 Å². The van der Waals surface area contributed by atoms with Gasteiger partial charge in [-0.1, -0.05) is 23.7 Å². The van der Waals surface area contributed by atoms with E-state index in [2.05, 4.69) is 10.1 Å². The van der Waals surface area contributed by atoms with Crippen LogP contribution in [0.15, 0.2) is 24.3 Å². The zero-order valence-electron chi connectivity index (χ0n) is 11.3. The molecule has 0 bridgehead atoms. The molecule has 0 saturated carbocycles. The first-order valence-corrected chi connectivity index (χ1v) is 6.88. The van der Waals surface area contributed by atoms with E-state index < -0.39 is 12.1 Å². The van der Waals surface area contributed by atoms with E-state index in [1.165, 1.54) is 7.11 Å². The molecule has 1 aromatic carbocycles. The molecule has 1 N–H and O–H groups in total. The number of nitrogens with one attached hydrogen (secondary N) is 1. The van der Waals surface area contributed by atoms with Crippen molar-refractivity contribution >= 4 is 23.6 Å². The second-order valence-electron chi connectivity index (χ2n) is 4.65. The third-order valence-electron chi connectivity index (χ3n) is 3.32. The maximum absolute atomic E-state index is 12.5. The zero-order chi connectivity index (χ0) is 14.5. The molecule has 1 heterocycles. The molecule has 0 spiro atoms. The molecule has 1 atom stereocenters. The summed E-state index contributed by atoms with van der Waals surface area (Å²) in [7, 11) is 1.27. The number of amides is 2. The highest BCUT2D eigenvalue weighted by Crippen LogP contribution is 2.21. The maximum atomic E-state index is 12.5. The average Bonchev–Trinajstić information content (AvgIpc) is 2.99. The Bertz CT molecular complexity index is 484. The summed E-state index contributed by atoms with van der Waals surface area (Å²) in [6, 6.07) is 6.12. The van der Waals surface area contributed by atoms with E-state index in [9.17, 15) is 9.59 Å². The Morgan fingerprint density at radius 2 is 1.85 bits per heavy atom. The predicted octanol–water partition coefficient (Wildman–Crippen LogP) is 2.36. The first kappa shape index (κ1) is 14.7. The van der Waals surface area contributed by atoms with E-state index in [-0.39, 0.29) is 5.91 Å². The molecule has 1 saturated heterocycles. The number of ether oxygens (including phenoxy) is 1. The highest BCUT2D eigenvalue weighted by Gasteiger charge is 2.29. The lowest BCUT2D eigenvalue weighted by atomic mass is 10.1. The lowest BCUT2D eigenvalue weighted by Gasteiger charge is -2.23. The topological polar surface area (TPSA) is 58.6 Å². The number of hydrogen-bond acceptors (Lipinski definition) is 3. The smallest absolute Gasteiger partial charge is 0.407 e. The van der Waals surface area contributed by atoms with Crippen molar-refractivity contribution in [2.45, 2.75) is 18.9 Å². The summed E-state index contributed by atoms with van der Waals surface area (Å²) in [4.78, 5) is 25.7. The number of halogens is 1. The Labute approximate surface area is 122 Å². The Hall–Kier alpha value is -1.75. The zero-order valence-corrected chi connectivity index (χ0v) is 12.0. The summed E-state index contributed by atoms with van der Waals surface area (Å²) in [5, 5.41) is 3.17. The fourth-order valence-electron chi connectivity index (χ4n) is 2.24. The van der Waals surface area contributed by atoms with Gasteiger partial charge in [-0.25, -0.2) is 4.79 Å². The minimum absolute atomic E-state index is 0.116. The molecule has 1 aliphatic rings. The Morgan fingerprint density at radius 1 is 1.25 bits per heavy atom. The van der Waals surface area contributed by atoms with Gasteiger partial charge in [-0.15, -0.1) is 0 Å². The Balaban J connectivity index is 2.21. The molecule has 2 rings (SSSR count). The number of nitrogens with zero attached hydrogens (tertiary/aromatic N) is 1. The second-order valence-corrected chi connectivity index (χ2v) is 5.09. The van der Waals surface area contributed by atoms with E-state index in [0.29, 0.717) is 10.6 Å². The summed E-state index contributed by atoms with van der Waals surface area (Å²) >= 11 is 5.85. The fourth-order valence-corrected chi connectivity index (χ4v) is 2.37. The van der Waals surface area contributed by atoms with Gasteiger partial charge in [-0.05, 0) is 30.5 Å². The van der Waals surface area contributed by atoms with Crippen LogP contribution < -0.4 is 5.32 Å². The fraction of sp³-hybridized carbons (Fsp3) is 0.429. The maximum Gasteiger partial charge on any atom is 0.407 e. The van der Waals surface area contributed by atoms with Crippen LogP contribution in [0.25, 0.3) is 0 Å². The molecule has 1 aliphatic heterocycles. The van der Waals surface area contributed by atoms with Gasteiger partial charge < -0.3 is 15.0 Å². The summed E-state index contributed by atoms with van der Waals surface area (Å²) in [5.41, 5.74) is 0.691. The van der Waals surface area contributed by atoms with Crippen molar-refractivity contribution < 1.29 is 14.3 Å². The number of alkyl carbamates (subject to hydrolysis) is 1. The first-order chi connectivity index (χ1) is 9.61. The van der Waals surface area contributed by atoms with Gasteiger partial charge in [0, 0.05) is 18.1 Å². The number of carbonyl (C=O) groups excluding carboxylic acids is 2. The number of likely N-dealkylation sites (tertiary alicyclic amines) is 1. The highest BCUT2D eigenvalue weighted by molar-refractivity contribution is 6.30. The second kappa shape index (κ2) is 6.61. The highest BCUT2D eigenvalue weighted by atomic mass is 35.5. The molecule has 0 aromatic heterocycles. The minimum Gasteiger partial charge on any atom is -0.453 e. The molecule has 1 aromatic rings. The lowest BCUT2D eigenvalue weighted by Crippen LogP contribution is -2.41. The first-order valence-electron chi connectivity index (χ1n) is 6.50. The van der Waals surface area contributed by atoms with E-state index in [1.807, 2.05) is 0 Å². The van der Waals surface area contributed by atoms with Crippen LogP contribution in [0.1, 0.15) is 24.4 Å². The van der Waals surface area contributed by atoms with E-state index in [4.69, 9.17) is 11.6 Å². The molecule has 6 heteroatoms. The van der Waals surface area contributed by atoms with Gasteiger partial charge in [0.2, 0.25) is 5.91 Å². The molecule has 0 aliphatic carbocycles. The van der Waals surface area contributed by atoms with Crippen LogP contribution in [-0.4, -0.2) is 37.1 Å². The standard InChI is InChI=1S/C14H17ClN2O3/c1-20-14(19)16-12(10-4-6-11(15)7-5-10)13(18)17-8-2-3-9-17/h4-7,12H,2-3,8-9H2,1H3,(H,16,19). The molecule has 2 amide bonds. The largest absolute Gasteiger partial charge is 0.453 e. The monoisotopic (exact) mass is 296 g/mol. The van der Waals surface area contributed by atoms with Crippen LogP contribution in [0.5, 0.6) is 0 Å². The van der Waals surface area contributed by atoms with Crippen molar-refractivity contribution in [3.8, 4) is 0 Å². The van der Waals surface area contributed by atoms with Crippen molar-refractivity contribution in [1.29, 1.82) is 0 Å². The van der Waals surface area contributed by atoms with E-state index >= 15 is 0 Å². The predicted molar refractivity (Wildman–Crippen MR) is 75.5 cm³/mol. The third kappa shape index (κ3) is 3.42. The SMILES string of the molecule is COC(=O)NC(C(=O)N1CCCC1)c1ccc(Cl)cc1. The van der Waals surface area contributed by atoms with Gasteiger partial charge in [0.15, 0.2) is 0 Å². The minimum atomic E-state index is -0.738. The van der Waals surface area contributed by atoms with Crippen molar-refractivity contribution in [3.05, 3.63) is 34.9 Å². The molecule has 108 valence electrons. The van der Waals surface area contributed by atoms with Gasteiger partial charge >= 0.3 is 6.09 Å². The third-order valence-corrected chi connectivity index (χ3v) is 3.57. The normalized spacial score (nSPS) is 15.8. The van der Waals surface area contributed by atoms with Crippen LogP contribution in [0.2, 0.25) is 5.02 Å². The molecule has 1 fully saturated rings. The summed E-state index contributed by atoms with van der Waals surface area (Å²) in [6.45, 7) is 1.46. The van der Waals surface area contributed by atoms with Gasteiger partial charge in [0.05, 0.1) is 7.11 Å². The van der Waals surface area contributed by atoms with Crippen LogP contribution in [0.3, 0.4) is 0 Å².